The Morgan fingerprint density at radius 2 is 2.12 bits per heavy atom. The first-order chi connectivity index (χ1) is 12.5. The molecule has 2 rings (SSSR count). The normalized spacial score (nSPS) is 12.2. The Morgan fingerprint density at radius 3 is 2.73 bits per heavy atom. The standard InChI is InChI=1S/C20H28N2O3S/c1-14(2)18(21-13-23)10-16-6-7-17(19-12-26-15(3)22-19)20(11-16)25-9-5-8-24-4/h6-7,11-14,18H,5,8-10H2,1-4H3,(H,21,23). The molecule has 1 N–H and O–H groups in total. The average Bonchev–Trinajstić information content (AvgIpc) is 3.04. The van der Waals surface area contributed by atoms with E-state index in [1.54, 1.807) is 18.4 Å². The third-order valence-corrected chi connectivity index (χ3v) is 5.01. The van der Waals surface area contributed by atoms with Crippen LogP contribution >= 0.6 is 11.3 Å². The number of hydrogen-bond acceptors (Lipinski definition) is 5. The van der Waals surface area contributed by atoms with Crippen LogP contribution in [0.3, 0.4) is 0 Å². The van der Waals surface area contributed by atoms with Crippen molar-refractivity contribution in [2.75, 3.05) is 20.3 Å². The van der Waals surface area contributed by atoms with Gasteiger partial charge in [-0.3, -0.25) is 4.79 Å². The molecule has 0 spiro atoms. The van der Waals surface area contributed by atoms with Crippen molar-refractivity contribution in [3.05, 3.63) is 34.2 Å². The summed E-state index contributed by atoms with van der Waals surface area (Å²) in [6.07, 6.45) is 2.37. The van der Waals surface area contributed by atoms with Crippen molar-refractivity contribution in [2.24, 2.45) is 5.92 Å². The maximum atomic E-state index is 10.9. The van der Waals surface area contributed by atoms with Gasteiger partial charge in [0, 0.05) is 37.1 Å². The summed E-state index contributed by atoms with van der Waals surface area (Å²) in [4.78, 5) is 15.5. The molecule has 1 aromatic heterocycles. The van der Waals surface area contributed by atoms with Crippen LogP contribution in [0.1, 0.15) is 30.8 Å². The maximum absolute atomic E-state index is 10.9. The van der Waals surface area contributed by atoms with E-state index in [0.29, 0.717) is 19.1 Å². The summed E-state index contributed by atoms with van der Waals surface area (Å²) in [7, 11) is 1.69. The van der Waals surface area contributed by atoms with Gasteiger partial charge in [0.15, 0.2) is 0 Å². The van der Waals surface area contributed by atoms with Crippen molar-refractivity contribution >= 4 is 17.7 Å². The number of nitrogens with one attached hydrogen (secondary N) is 1. The third kappa shape index (κ3) is 5.81. The van der Waals surface area contributed by atoms with Crippen molar-refractivity contribution in [2.45, 2.75) is 39.7 Å². The fourth-order valence-electron chi connectivity index (χ4n) is 2.73. The van der Waals surface area contributed by atoms with Crippen LogP contribution < -0.4 is 10.1 Å². The van der Waals surface area contributed by atoms with Crippen LogP contribution in [0.15, 0.2) is 23.6 Å². The summed E-state index contributed by atoms with van der Waals surface area (Å²) in [5.41, 5.74) is 3.07. The quantitative estimate of drug-likeness (QED) is 0.478. The van der Waals surface area contributed by atoms with E-state index < -0.39 is 0 Å². The average molecular weight is 377 g/mol. The SMILES string of the molecule is COCCCOc1cc(CC(NC=O)C(C)C)ccc1-c1csc(C)n1. The zero-order valence-corrected chi connectivity index (χ0v) is 16.8. The summed E-state index contributed by atoms with van der Waals surface area (Å²) < 4.78 is 11.1. The van der Waals surface area contributed by atoms with Crippen molar-refractivity contribution in [1.29, 1.82) is 0 Å². The highest BCUT2D eigenvalue weighted by molar-refractivity contribution is 7.09. The van der Waals surface area contributed by atoms with Crippen LogP contribution in [0, 0.1) is 12.8 Å². The molecule has 1 aromatic carbocycles. The zero-order valence-electron chi connectivity index (χ0n) is 16.0. The van der Waals surface area contributed by atoms with Gasteiger partial charge in [-0.1, -0.05) is 19.9 Å². The largest absolute Gasteiger partial charge is 0.493 e. The predicted octanol–water partition coefficient (Wildman–Crippen LogP) is 3.85. The fourth-order valence-corrected chi connectivity index (χ4v) is 3.34. The lowest BCUT2D eigenvalue weighted by Gasteiger charge is -2.21. The Hall–Kier alpha value is -1.92. The molecule has 6 heteroatoms. The lowest BCUT2D eigenvalue weighted by atomic mass is 9.95. The van der Waals surface area contributed by atoms with Gasteiger partial charge < -0.3 is 14.8 Å². The summed E-state index contributed by atoms with van der Waals surface area (Å²) in [5.74, 6) is 1.18. The van der Waals surface area contributed by atoms with Gasteiger partial charge in [-0.25, -0.2) is 4.98 Å². The number of rotatable bonds is 11. The van der Waals surface area contributed by atoms with Crippen molar-refractivity contribution in [3.63, 3.8) is 0 Å². The molecule has 1 unspecified atom stereocenters. The molecule has 0 aliphatic heterocycles. The van der Waals surface area contributed by atoms with E-state index in [0.717, 1.165) is 46.8 Å². The predicted molar refractivity (Wildman–Crippen MR) is 106 cm³/mol. The number of aromatic nitrogens is 1. The Kier molecular flexibility index (Phi) is 8.06. The molecule has 1 amide bonds. The molecule has 1 heterocycles. The number of hydrogen-bond donors (Lipinski definition) is 1. The number of aryl methyl sites for hydroxylation is 1. The van der Waals surface area contributed by atoms with Gasteiger partial charge in [0.2, 0.25) is 6.41 Å². The number of amides is 1. The van der Waals surface area contributed by atoms with E-state index in [1.807, 2.05) is 6.92 Å². The first-order valence-corrected chi connectivity index (χ1v) is 9.80. The number of carbonyl (C=O) groups excluding carboxylic acids is 1. The van der Waals surface area contributed by atoms with E-state index in [9.17, 15) is 4.79 Å². The Bertz CT molecular complexity index is 700. The van der Waals surface area contributed by atoms with Crippen LogP contribution in [0.4, 0.5) is 0 Å². The van der Waals surface area contributed by atoms with Gasteiger partial charge in [-0.2, -0.15) is 0 Å². The van der Waals surface area contributed by atoms with Gasteiger partial charge in [-0.05, 0) is 37.0 Å². The van der Waals surface area contributed by atoms with Crippen molar-refractivity contribution in [3.8, 4) is 17.0 Å². The number of ether oxygens (including phenoxy) is 2. The molecular weight excluding hydrogens is 348 g/mol. The lowest BCUT2D eigenvalue weighted by Crippen LogP contribution is -2.34. The minimum Gasteiger partial charge on any atom is -0.493 e. The Balaban J connectivity index is 2.24. The van der Waals surface area contributed by atoms with E-state index in [4.69, 9.17) is 9.47 Å². The Labute approximate surface area is 159 Å². The molecule has 0 aliphatic rings. The van der Waals surface area contributed by atoms with Gasteiger partial charge in [-0.15, -0.1) is 11.3 Å². The fraction of sp³-hybridized carbons (Fsp3) is 0.500. The molecule has 5 nitrogen and oxygen atoms in total. The molecule has 142 valence electrons. The molecule has 26 heavy (non-hydrogen) atoms. The van der Waals surface area contributed by atoms with E-state index in [2.05, 4.69) is 47.7 Å². The first-order valence-electron chi connectivity index (χ1n) is 8.92. The van der Waals surface area contributed by atoms with Crippen LogP contribution in [-0.2, 0) is 16.0 Å². The monoisotopic (exact) mass is 376 g/mol. The van der Waals surface area contributed by atoms with Crippen LogP contribution in [0.2, 0.25) is 0 Å². The lowest BCUT2D eigenvalue weighted by molar-refractivity contribution is -0.110. The smallest absolute Gasteiger partial charge is 0.207 e. The zero-order chi connectivity index (χ0) is 18.9. The van der Waals surface area contributed by atoms with Gasteiger partial charge in [0.1, 0.15) is 5.75 Å². The molecule has 1 atom stereocenters. The van der Waals surface area contributed by atoms with Crippen LogP contribution in [-0.4, -0.2) is 37.8 Å². The topological polar surface area (TPSA) is 60.5 Å². The number of methoxy groups -OCH3 is 1. The third-order valence-electron chi connectivity index (χ3n) is 4.23. The second-order valence-corrected chi connectivity index (χ2v) is 7.68. The highest BCUT2D eigenvalue weighted by atomic mass is 32.1. The van der Waals surface area contributed by atoms with E-state index >= 15 is 0 Å². The molecule has 0 fully saturated rings. The second-order valence-electron chi connectivity index (χ2n) is 6.62. The van der Waals surface area contributed by atoms with Crippen LogP contribution in [0.5, 0.6) is 5.75 Å². The van der Waals surface area contributed by atoms with Gasteiger partial charge in [0.25, 0.3) is 0 Å². The summed E-state index contributed by atoms with van der Waals surface area (Å²) in [5, 5.41) is 6.00. The molecule has 0 bridgehead atoms. The van der Waals surface area contributed by atoms with E-state index in [1.165, 1.54) is 0 Å². The first kappa shape index (κ1) is 20.4. The number of carbonyl (C=O) groups is 1. The summed E-state index contributed by atoms with van der Waals surface area (Å²) in [6, 6.07) is 6.32. The highest BCUT2D eigenvalue weighted by Gasteiger charge is 2.16. The number of benzene rings is 1. The molecule has 0 radical (unpaired) electrons. The van der Waals surface area contributed by atoms with Crippen molar-refractivity contribution in [1.82, 2.24) is 10.3 Å². The van der Waals surface area contributed by atoms with Gasteiger partial charge in [0.05, 0.1) is 17.3 Å². The summed E-state index contributed by atoms with van der Waals surface area (Å²) in [6.45, 7) is 7.47. The minimum absolute atomic E-state index is 0.0983. The highest BCUT2D eigenvalue weighted by Crippen LogP contribution is 2.32. The maximum Gasteiger partial charge on any atom is 0.207 e. The summed E-state index contributed by atoms with van der Waals surface area (Å²) >= 11 is 1.63. The molecule has 2 aromatic rings. The van der Waals surface area contributed by atoms with Crippen LogP contribution in [0.25, 0.3) is 11.3 Å². The Morgan fingerprint density at radius 1 is 1.31 bits per heavy atom. The second kappa shape index (κ2) is 10.3. The molecular formula is C20H28N2O3S. The molecule has 0 saturated carbocycles. The minimum atomic E-state index is 0.0983. The van der Waals surface area contributed by atoms with E-state index in [-0.39, 0.29) is 6.04 Å². The van der Waals surface area contributed by atoms with Gasteiger partial charge >= 0.3 is 0 Å². The number of thiazole rings is 1. The van der Waals surface area contributed by atoms with Crippen molar-refractivity contribution < 1.29 is 14.3 Å². The molecule has 0 saturated heterocycles. The molecule has 0 aliphatic carbocycles. The number of nitrogens with zero attached hydrogens (tertiary/aromatic N) is 1.